The average Bonchev–Trinajstić information content (AvgIpc) is 1.48. The van der Waals surface area contributed by atoms with Gasteiger partial charge < -0.3 is 66.3 Å². The molecule has 1 aliphatic carbocycles. The monoisotopic (exact) mass is 1510 g/mol. The van der Waals surface area contributed by atoms with E-state index in [1.54, 1.807) is 0 Å². The Hall–Kier alpha value is -3.99. The van der Waals surface area contributed by atoms with Crippen molar-refractivity contribution in [2.45, 2.75) is 354 Å². The van der Waals surface area contributed by atoms with Crippen LogP contribution in [-0.4, -0.2) is 173 Å². The molecule has 0 amide bonds. The van der Waals surface area contributed by atoms with Gasteiger partial charge in [0.1, 0.15) is 39.2 Å². The van der Waals surface area contributed by atoms with Gasteiger partial charge in [0.2, 0.25) is 0 Å². The number of rotatable bonds is 26. The molecule has 0 bridgehead atoms. The van der Waals surface area contributed by atoms with Crippen molar-refractivity contribution in [1.82, 2.24) is 0 Å². The minimum Gasteiger partial charge on any atom is -0.457 e. The maximum atomic E-state index is 12.4. The summed E-state index contributed by atoms with van der Waals surface area (Å²) in [5.74, 6) is 0.454. The lowest BCUT2D eigenvalue weighted by Gasteiger charge is -2.40. The van der Waals surface area contributed by atoms with Gasteiger partial charge in [-0.1, -0.05) is 130 Å². The molecule has 620 valence electrons. The molecule has 21 nitrogen and oxygen atoms in total. The molecule has 0 spiro atoms. The molecular weight excluding hydrogens is 1360 g/mol. The third kappa shape index (κ3) is 30.3. The van der Waals surface area contributed by atoms with E-state index in [-0.39, 0.29) is 104 Å². The predicted octanol–water partition coefficient (Wildman–Crippen LogP) is 17.5. The summed E-state index contributed by atoms with van der Waals surface area (Å²) in [6, 6.07) is 0. The van der Waals surface area contributed by atoms with Crippen molar-refractivity contribution in [3.63, 3.8) is 0 Å². The SMILES string of the molecule is CCC(C)(C)C(=O)OC1(C(C)C)CCOC1.CCC(C)(C)C(=O)OC1(C)CCOC1.CCC(C)(C)C(=O)OC1(C2CCCCC2)CCOC1.CCC(C)C(=O)OC1(C(C)C)CCOC1.CCC(C)C(=O)OC1(C)CCOC1.CCC(C)C(=O)OC1(CC)CCOC1.CCC1(OC(=O)C(C)(C)CC)CCOC1. The zero-order valence-corrected chi connectivity index (χ0v) is 71.8. The summed E-state index contributed by atoms with van der Waals surface area (Å²) >= 11 is 0. The number of carbonyl (C=O) groups is 7. The van der Waals surface area contributed by atoms with Gasteiger partial charge in [-0.2, -0.15) is 0 Å². The first kappa shape index (κ1) is 98.1. The third-order valence-electron chi connectivity index (χ3n) is 24.3. The molecule has 0 radical (unpaired) electrons. The zero-order chi connectivity index (χ0) is 80.7. The van der Waals surface area contributed by atoms with E-state index in [2.05, 4.69) is 27.7 Å². The van der Waals surface area contributed by atoms with E-state index in [1.165, 1.54) is 32.1 Å². The van der Waals surface area contributed by atoms with E-state index in [0.29, 0.717) is 104 Å². The van der Waals surface area contributed by atoms with E-state index in [1.807, 2.05) is 152 Å². The molecule has 0 N–H and O–H groups in total. The summed E-state index contributed by atoms with van der Waals surface area (Å²) in [6.07, 6.45) is 19.4. The molecule has 10 unspecified atom stereocenters. The third-order valence-corrected chi connectivity index (χ3v) is 24.3. The van der Waals surface area contributed by atoms with Crippen LogP contribution >= 0.6 is 0 Å². The highest BCUT2D eigenvalue weighted by Gasteiger charge is 2.50. The molecule has 10 atom stereocenters. The lowest BCUT2D eigenvalue weighted by atomic mass is 9.76. The fraction of sp³-hybridized carbons (Fsp3) is 0.918. The highest BCUT2D eigenvalue weighted by molar-refractivity contribution is 5.78. The minimum absolute atomic E-state index is 0.000903. The molecule has 8 rings (SSSR count). The lowest BCUT2D eigenvalue weighted by molar-refractivity contribution is -0.179. The Labute approximate surface area is 642 Å². The molecular formula is C85H154O21. The molecule has 8 fully saturated rings. The zero-order valence-electron chi connectivity index (χ0n) is 71.8. The molecule has 1 saturated carbocycles. The van der Waals surface area contributed by atoms with Gasteiger partial charge >= 0.3 is 41.8 Å². The molecule has 7 heterocycles. The number of hydrogen-bond acceptors (Lipinski definition) is 21. The lowest BCUT2D eigenvalue weighted by Crippen LogP contribution is -2.46. The van der Waals surface area contributed by atoms with Gasteiger partial charge in [0.15, 0.2) is 0 Å². The molecule has 106 heavy (non-hydrogen) atoms. The highest BCUT2D eigenvalue weighted by Crippen LogP contribution is 2.43. The van der Waals surface area contributed by atoms with E-state index in [9.17, 15) is 33.6 Å². The van der Waals surface area contributed by atoms with E-state index < -0.39 is 16.6 Å². The van der Waals surface area contributed by atoms with Crippen molar-refractivity contribution in [1.29, 1.82) is 0 Å². The van der Waals surface area contributed by atoms with E-state index >= 15 is 0 Å². The van der Waals surface area contributed by atoms with Crippen LogP contribution in [0.1, 0.15) is 315 Å². The fourth-order valence-electron chi connectivity index (χ4n) is 12.0. The Balaban J connectivity index is 0.000000421. The van der Waals surface area contributed by atoms with Gasteiger partial charge in [0, 0.05) is 50.9 Å². The summed E-state index contributed by atoms with van der Waals surface area (Å²) in [6.45, 7) is 60.3. The Morgan fingerprint density at radius 3 is 0.981 bits per heavy atom. The standard InChI is InChI=1S/C16H28O3.C13H24O3.2C12H22O3.2C11H20O3.C10H18O3/c1-4-15(2,3)14(17)19-16(10-11-18-12-16)13-8-6-5-7-9-13;1-6-12(4,5)11(14)16-13(10(2)3)7-8-15-9-13;1-5-10(4)11(13)15-12(9(2)3)6-7-14-8-12;1-5-11(3,4)10(13)15-12(6-2)7-8-14-9-12;1-5-10(2,3)9(12)14-11(4)6-7-13-8-11;1-4-9(3)10(12)14-11(5-2)6-7-13-8-11;1-4-8(2)9(11)13-10(3)5-6-12-7-10/h13H,4-12H2,1-3H3;10H,6-9H2,1-5H3;9-10H,5-8H2,1-4H3;5-9H2,1-4H3;5-8H2,1-4H3;9H,4-8H2,1-3H3;8H,4-7H2,1-3H3. The van der Waals surface area contributed by atoms with Crippen LogP contribution in [0, 0.1) is 57.2 Å². The van der Waals surface area contributed by atoms with E-state index in [0.717, 1.165) is 109 Å². The summed E-state index contributed by atoms with van der Waals surface area (Å²) in [5.41, 5.74) is -4.12. The van der Waals surface area contributed by atoms with Crippen LogP contribution in [-0.2, 0) is 99.9 Å². The Bertz CT molecular complexity index is 2570. The topological polar surface area (TPSA) is 249 Å². The smallest absolute Gasteiger partial charge is 0.312 e. The van der Waals surface area contributed by atoms with Crippen LogP contribution in [0.15, 0.2) is 0 Å². The Morgan fingerprint density at radius 2 is 0.651 bits per heavy atom. The van der Waals surface area contributed by atoms with Crippen molar-refractivity contribution in [2.24, 2.45) is 57.2 Å². The Morgan fingerprint density at radius 1 is 0.340 bits per heavy atom. The van der Waals surface area contributed by atoms with Crippen molar-refractivity contribution in [3.8, 4) is 0 Å². The first-order valence-corrected chi connectivity index (χ1v) is 41.1. The highest BCUT2D eigenvalue weighted by atomic mass is 16.6. The van der Waals surface area contributed by atoms with Gasteiger partial charge in [-0.15, -0.1) is 0 Å². The maximum absolute atomic E-state index is 12.4. The molecule has 7 aliphatic heterocycles. The first-order valence-electron chi connectivity index (χ1n) is 41.1. The van der Waals surface area contributed by atoms with Gasteiger partial charge in [-0.25, -0.2) is 0 Å². The summed E-state index contributed by atoms with van der Waals surface area (Å²) in [5, 5.41) is 0. The van der Waals surface area contributed by atoms with Crippen LogP contribution in [0.3, 0.4) is 0 Å². The number of esters is 7. The minimum atomic E-state index is -0.399. The quantitative estimate of drug-likeness (QED) is 0.0576. The second-order valence-electron chi connectivity index (χ2n) is 35.1. The van der Waals surface area contributed by atoms with Crippen LogP contribution in [0.5, 0.6) is 0 Å². The van der Waals surface area contributed by atoms with Crippen LogP contribution in [0.4, 0.5) is 0 Å². The van der Waals surface area contributed by atoms with Crippen molar-refractivity contribution in [2.75, 3.05) is 92.5 Å². The molecule has 0 aromatic carbocycles. The first-order chi connectivity index (χ1) is 49.4. The largest absolute Gasteiger partial charge is 0.457 e. The Kier molecular flexibility index (Phi) is 41.5. The van der Waals surface area contributed by atoms with Gasteiger partial charge in [-0.3, -0.25) is 33.6 Å². The molecule has 8 aliphatic rings. The number of ether oxygens (including phenoxy) is 14. The second-order valence-corrected chi connectivity index (χ2v) is 35.1. The molecule has 7 saturated heterocycles. The van der Waals surface area contributed by atoms with Gasteiger partial charge in [0.25, 0.3) is 0 Å². The van der Waals surface area contributed by atoms with Crippen LogP contribution in [0.2, 0.25) is 0 Å². The van der Waals surface area contributed by atoms with Crippen molar-refractivity contribution < 1.29 is 99.9 Å². The number of carbonyl (C=O) groups excluding carboxylic acids is 7. The van der Waals surface area contributed by atoms with Crippen molar-refractivity contribution in [3.05, 3.63) is 0 Å². The second kappa shape index (κ2) is 44.9. The van der Waals surface area contributed by atoms with Crippen LogP contribution in [0.25, 0.3) is 0 Å². The summed E-state index contributed by atoms with van der Waals surface area (Å²) in [7, 11) is 0. The van der Waals surface area contributed by atoms with Gasteiger partial charge in [0.05, 0.1) is 132 Å². The molecule has 21 heteroatoms. The maximum Gasteiger partial charge on any atom is 0.312 e. The number of hydrogen-bond donors (Lipinski definition) is 0. The van der Waals surface area contributed by atoms with E-state index in [4.69, 9.17) is 66.3 Å². The van der Waals surface area contributed by atoms with Gasteiger partial charge in [-0.05, 0) is 152 Å². The molecule has 0 aromatic heterocycles. The van der Waals surface area contributed by atoms with Crippen molar-refractivity contribution >= 4 is 41.8 Å². The summed E-state index contributed by atoms with van der Waals surface area (Å²) in [4.78, 5) is 83.1. The fourth-order valence-corrected chi connectivity index (χ4v) is 12.0. The van der Waals surface area contributed by atoms with Crippen LogP contribution < -0.4 is 0 Å². The average molecular weight is 1510 g/mol. The predicted molar refractivity (Wildman–Crippen MR) is 413 cm³/mol. The summed E-state index contributed by atoms with van der Waals surface area (Å²) < 4.78 is 76.9. The normalized spacial score (nSPS) is 28.1. The molecule has 0 aromatic rings.